The fourth-order valence-electron chi connectivity index (χ4n) is 2.49. The molecule has 2 fully saturated rings. The number of aliphatic hydroxyl groups is 1. The highest BCUT2D eigenvalue weighted by Crippen LogP contribution is 2.11. The van der Waals surface area contributed by atoms with E-state index in [1.165, 1.54) is 9.80 Å². The largest absolute Gasteiger partial charge is 0.394 e. The first-order chi connectivity index (χ1) is 10.0. The van der Waals surface area contributed by atoms with E-state index in [1.807, 2.05) is 0 Å². The van der Waals surface area contributed by atoms with Crippen LogP contribution in [0.1, 0.15) is 12.8 Å². The third kappa shape index (κ3) is 3.70. The molecule has 2 aliphatic rings. The molecule has 2 aliphatic heterocycles. The lowest BCUT2D eigenvalue weighted by Gasteiger charge is -2.32. The zero-order valence-corrected chi connectivity index (χ0v) is 12.2. The molecule has 0 bridgehead atoms. The van der Waals surface area contributed by atoms with Crippen LogP contribution in [0.15, 0.2) is 0 Å². The molecule has 4 amide bonds. The van der Waals surface area contributed by atoms with Gasteiger partial charge in [0.25, 0.3) is 0 Å². The van der Waals surface area contributed by atoms with Gasteiger partial charge in [-0.2, -0.15) is 0 Å². The Morgan fingerprint density at radius 2 is 2.19 bits per heavy atom. The zero-order chi connectivity index (χ0) is 15.4. The fraction of sp³-hybridized carbons (Fsp3) is 0.769. The predicted molar refractivity (Wildman–Crippen MR) is 72.4 cm³/mol. The summed E-state index contributed by atoms with van der Waals surface area (Å²) in [5.41, 5.74) is 0. The van der Waals surface area contributed by atoms with Gasteiger partial charge in [0.15, 0.2) is 0 Å². The zero-order valence-electron chi connectivity index (χ0n) is 12.2. The number of hydrogen-bond acceptors (Lipinski definition) is 5. The Labute approximate surface area is 123 Å². The molecule has 1 atom stereocenters. The minimum Gasteiger partial charge on any atom is -0.394 e. The van der Waals surface area contributed by atoms with Gasteiger partial charge in [0.05, 0.1) is 19.3 Å². The summed E-state index contributed by atoms with van der Waals surface area (Å²) in [4.78, 5) is 39.5. The van der Waals surface area contributed by atoms with Gasteiger partial charge < -0.3 is 19.6 Å². The van der Waals surface area contributed by atoms with Crippen molar-refractivity contribution in [3.63, 3.8) is 0 Å². The molecule has 0 spiro atoms. The van der Waals surface area contributed by atoms with Crippen molar-refractivity contribution in [3.05, 3.63) is 0 Å². The van der Waals surface area contributed by atoms with Crippen molar-refractivity contribution in [1.29, 1.82) is 0 Å². The van der Waals surface area contributed by atoms with Gasteiger partial charge >= 0.3 is 6.03 Å². The molecular formula is C13H21N3O5. The van der Waals surface area contributed by atoms with E-state index in [2.05, 4.69) is 0 Å². The maximum atomic E-state index is 12.1. The topological polar surface area (TPSA) is 90.4 Å². The second-order valence-corrected chi connectivity index (χ2v) is 5.30. The highest BCUT2D eigenvalue weighted by molar-refractivity contribution is 6.01. The van der Waals surface area contributed by atoms with Gasteiger partial charge in [0.2, 0.25) is 11.8 Å². The maximum Gasteiger partial charge on any atom is 0.326 e. The minimum atomic E-state index is -0.321. The summed E-state index contributed by atoms with van der Waals surface area (Å²) in [7, 11) is 1.58. The average molecular weight is 299 g/mol. The Balaban J connectivity index is 1.74. The lowest BCUT2D eigenvalue weighted by molar-refractivity contribution is -0.140. The molecule has 2 heterocycles. The van der Waals surface area contributed by atoms with Crippen molar-refractivity contribution in [2.24, 2.45) is 0 Å². The monoisotopic (exact) mass is 299 g/mol. The van der Waals surface area contributed by atoms with E-state index in [0.717, 1.165) is 0 Å². The molecule has 0 aromatic rings. The van der Waals surface area contributed by atoms with Gasteiger partial charge in [-0.1, -0.05) is 0 Å². The fourth-order valence-corrected chi connectivity index (χ4v) is 2.49. The summed E-state index contributed by atoms with van der Waals surface area (Å²) in [5, 5.41) is 9.04. The van der Waals surface area contributed by atoms with Crippen molar-refractivity contribution < 1.29 is 24.2 Å². The van der Waals surface area contributed by atoms with Gasteiger partial charge in [-0.3, -0.25) is 14.5 Å². The van der Waals surface area contributed by atoms with E-state index >= 15 is 0 Å². The number of nitrogens with zero attached hydrogens (tertiary/aromatic N) is 3. The molecule has 118 valence electrons. The molecule has 0 aliphatic carbocycles. The Morgan fingerprint density at radius 3 is 2.81 bits per heavy atom. The number of rotatable bonds is 5. The Morgan fingerprint density at radius 1 is 1.43 bits per heavy atom. The van der Waals surface area contributed by atoms with E-state index in [-0.39, 0.29) is 50.1 Å². The van der Waals surface area contributed by atoms with Gasteiger partial charge in [0.1, 0.15) is 6.54 Å². The number of carbonyl (C=O) groups is 3. The van der Waals surface area contributed by atoms with Crippen molar-refractivity contribution in [2.45, 2.75) is 18.9 Å². The molecule has 1 unspecified atom stereocenters. The van der Waals surface area contributed by atoms with Gasteiger partial charge in [-0.05, 0) is 6.42 Å². The lowest BCUT2D eigenvalue weighted by atomic mass is 10.2. The number of imide groups is 1. The summed E-state index contributed by atoms with van der Waals surface area (Å²) < 4.78 is 5.29. The molecule has 8 heteroatoms. The highest BCUT2D eigenvalue weighted by Gasteiger charge is 2.33. The van der Waals surface area contributed by atoms with Crippen LogP contribution in [0.2, 0.25) is 0 Å². The smallest absolute Gasteiger partial charge is 0.326 e. The van der Waals surface area contributed by atoms with Crippen molar-refractivity contribution in [2.75, 3.05) is 46.4 Å². The molecule has 0 saturated carbocycles. The first-order valence-electron chi connectivity index (χ1n) is 7.08. The maximum absolute atomic E-state index is 12.1. The lowest BCUT2D eigenvalue weighted by Crippen LogP contribution is -2.47. The molecule has 0 radical (unpaired) electrons. The molecule has 0 aromatic heterocycles. The van der Waals surface area contributed by atoms with Crippen molar-refractivity contribution >= 4 is 17.8 Å². The van der Waals surface area contributed by atoms with Crippen LogP contribution in [0.25, 0.3) is 0 Å². The van der Waals surface area contributed by atoms with Crippen LogP contribution in [-0.2, 0) is 14.3 Å². The van der Waals surface area contributed by atoms with Gasteiger partial charge in [0, 0.05) is 33.1 Å². The minimum absolute atomic E-state index is 0.0378. The molecule has 1 N–H and O–H groups in total. The molecule has 2 saturated heterocycles. The van der Waals surface area contributed by atoms with E-state index in [0.29, 0.717) is 26.1 Å². The third-order valence-electron chi connectivity index (χ3n) is 3.70. The Hall–Kier alpha value is -1.67. The van der Waals surface area contributed by atoms with Gasteiger partial charge in [-0.15, -0.1) is 0 Å². The molecule has 8 nitrogen and oxygen atoms in total. The first-order valence-corrected chi connectivity index (χ1v) is 7.08. The van der Waals surface area contributed by atoms with Crippen LogP contribution in [0.4, 0.5) is 4.79 Å². The molecular weight excluding hydrogens is 278 g/mol. The standard InChI is InChI=1S/C13H21N3O5/c1-14-8-12(19)16(13(14)20)4-2-3-11(18)15-5-6-21-10(7-15)9-17/h10,17H,2-9H2,1H3. The van der Waals surface area contributed by atoms with Crippen LogP contribution in [0.3, 0.4) is 0 Å². The summed E-state index contributed by atoms with van der Waals surface area (Å²) in [5.74, 6) is -0.258. The summed E-state index contributed by atoms with van der Waals surface area (Å²) in [6, 6.07) is -0.306. The molecule has 21 heavy (non-hydrogen) atoms. The number of urea groups is 1. The van der Waals surface area contributed by atoms with Crippen LogP contribution >= 0.6 is 0 Å². The average Bonchev–Trinajstić information content (AvgIpc) is 2.73. The number of hydrogen-bond donors (Lipinski definition) is 1. The SMILES string of the molecule is CN1CC(=O)N(CCCC(=O)N2CCOC(CO)C2)C1=O. The summed E-state index contributed by atoms with van der Waals surface area (Å²) >= 11 is 0. The molecule has 0 aromatic carbocycles. The van der Waals surface area contributed by atoms with E-state index in [9.17, 15) is 14.4 Å². The van der Waals surface area contributed by atoms with Crippen molar-refractivity contribution in [1.82, 2.24) is 14.7 Å². The Bertz CT molecular complexity index is 428. The number of ether oxygens (including phenoxy) is 1. The second-order valence-electron chi connectivity index (χ2n) is 5.30. The number of aliphatic hydroxyl groups excluding tert-OH is 1. The van der Waals surface area contributed by atoms with Crippen LogP contribution < -0.4 is 0 Å². The quantitative estimate of drug-likeness (QED) is 0.650. The highest BCUT2D eigenvalue weighted by atomic mass is 16.5. The second kappa shape index (κ2) is 6.86. The predicted octanol–water partition coefficient (Wildman–Crippen LogP) is -1.12. The van der Waals surface area contributed by atoms with Gasteiger partial charge in [-0.25, -0.2) is 4.79 Å². The number of carbonyl (C=O) groups excluding carboxylic acids is 3. The molecule has 2 rings (SSSR count). The van der Waals surface area contributed by atoms with Crippen LogP contribution in [-0.4, -0.2) is 90.2 Å². The number of amides is 4. The van der Waals surface area contributed by atoms with E-state index in [1.54, 1.807) is 11.9 Å². The van der Waals surface area contributed by atoms with E-state index < -0.39 is 0 Å². The van der Waals surface area contributed by atoms with Crippen LogP contribution in [0, 0.1) is 0 Å². The number of likely N-dealkylation sites (N-methyl/N-ethyl adjacent to an activating group) is 1. The normalized spacial score (nSPS) is 23.1. The van der Waals surface area contributed by atoms with Crippen LogP contribution in [0.5, 0.6) is 0 Å². The third-order valence-corrected chi connectivity index (χ3v) is 3.70. The first kappa shape index (κ1) is 15.7. The van der Waals surface area contributed by atoms with Crippen molar-refractivity contribution in [3.8, 4) is 0 Å². The summed E-state index contributed by atoms with van der Waals surface area (Å²) in [6.07, 6.45) is 0.405. The Kier molecular flexibility index (Phi) is 5.13. The van der Waals surface area contributed by atoms with E-state index in [4.69, 9.17) is 9.84 Å². The summed E-state index contributed by atoms with van der Waals surface area (Å²) in [6.45, 7) is 1.59. The number of morpholine rings is 1.